The van der Waals surface area contributed by atoms with Crippen molar-refractivity contribution >= 4 is 11.5 Å². The summed E-state index contributed by atoms with van der Waals surface area (Å²) in [4.78, 5) is 9.30. The number of nitrogens with zero attached hydrogens (tertiary/aromatic N) is 8. The molecule has 4 rings (SSSR count). The van der Waals surface area contributed by atoms with Crippen LogP contribution in [0.1, 0.15) is 19.7 Å². The molecule has 24 heavy (non-hydrogen) atoms. The van der Waals surface area contributed by atoms with Gasteiger partial charge in [0.2, 0.25) is 0 Å². The van der Waals surface area contributed by atoms with Crippen molar-refractivity contribution in [1.82, 2.24) is 34.3 Å². The van der Waals surface area contributed by atoms with E-state index in [4.69, 9.17) is 0 Å². The Balaban J connectivity index is 1.46. The third-order valence-corrected chi connectivity index (χ3v) is 4.66. The fourth-order valence-electron chi connectivity index (χ4n) is 3.37. The molecule has 0 aromatic carbocycles. The molecule has 8 nitrogen and oxygen atoms in total. The van der Waals surface area contributed by atoms with Gasteiger partial charge in [-0.2, -0.15) is 4.52 Å². The van der Waals surface area contributed by atoms with Crippen LogP contribution in [-0.4, -0.2) is 59.9 Å². The van der Waals surface area contributed by atoms with Crippen LogP contribution < -0.4 is 4.90 Å². The number of piperazine rings is 1. The van der Waals surface area contributed by atoms with Crippen LogP contribution in [0.4, 0.5) is 5.82 Å². The molecule has 0 spiro atoms. The molecule has 0 amide bonds. The Morgan fingerprint density at radius 3 is 3.00 bits per heavy atom. The second-order valence-corrected chi connectivity index (χ2v) is 6.23. The van der Waals surface area contributed by atoms with Gasteiger partial charge in [0.25, 0.3) is 0 Å². The van der Waals surface area contributed by atoms with Gasteiger partial charge in [0.15, 0.2) is 5.65 Å². The first kappa shape index (κ1) is 15.1. The minimum absolute atomic E-state index is 0.394. The van der Waals surface area contributed by atoms with E-state index in [-0.39, 0.29) is 0 Å². The van der Waals surface area contributed by atoms with Crippen LogP contribution >= 0.6 is 0 Å². The zero-order valence-corrected chi connectivity index (χ0v) is 14.1. The van der Waals surface area contributed by atoms with E-state index >= 15 is 0 Å². The average Bonchev–Trinajstić information content (AvgIpc) is 3.23. The van der Waals surface area contributed by atoms with Crippen molar-refractivity contribution in [3.05, 3.63) is 36.7 Å². The Morgan fingerprint density at radius 1 is 1.25 bits per heavy atom. The SMILES string of the molecule is CCn1ccnc1CN1CCN(c2ccc3nncn3n2)[C@H](C)C1. The normalized spacial score (nSPS) is 19.2. The molecular weight excluding hydrogens is 304 g/mol. The van der Waals surface area contributed by atoms with Crippen molar-refractivity contribution in [1.29, 1.82) is 0 Å². The molecule has 0 saturated carbocycles. The van der Waals surface area contributed by atoms with Crippen LogP contribution in [0.5, 0.6) is 0 Å². The molecule has 0 N–H and O–H groups in total. The Bertz CT molecular complexity index is 822. The van der Waals surface area contributed by atoms with Gasteiger partial charge in [-0.15, -0.1) is 15.3 Å². The fourth-order valence-corrected chi connectivity index (χ4v) is 3.37. The molecule has 1 fully saturated rings. The van der Waals surface area contributed by atoms with Crippen LogP contribution in [0, 0.1) is 0 Å². The predicted molar refractivity (Wildman–Crippen MR) is 90.8 cm³/mol. The third kappa shape index (κ3) is 2.73. The van der Waals surface area contributed by atoms with E-state index < -0.39 is 0 Å². The molecule has 8 heteroatoms. The average molecular weight is 326 g/mol. The van der Waals surface area contributed by atoms with Crippen molar-refractivity contribution in [3.63, 3.8) is 0 Å². The molecular formula is C16H22N8. The van der Waals surface area contributed by atoms with Gasteiger partial charge in [-0.1, -0.05) is 0 Å². The van der Waals surface area contributed by atoms with Gasteiger partial charge in [-0.05, 0) is 26.0 Å². The molecule has 126 valence electrons. The van der Waals surface area contributed by atoms with Crippen LogP contribution in [0.3, 0.4) is 0 Å². The number of aryl methyl sites for hydroxylation is 1. The highest BCUT2D eigenvalue weighted by atomic mass is 15.4. The highest BCUT2D eigenvalue weighted by molar-refractivity contribution is 5.46. The molecule has 0 unspecified atom stereocenters. The largest absolute Gasteiger partial charge is 0.350 e. The maximum atomic E-state index is 4.62. The van der Waals surface area contributed by atoms with E-state index in [1.54, 1.807) is 10.8 Å². The van der Waals surface area contributed by atoms with Crippen LogP contribution in [0.2, 0.25) is 0 Å². The monoisotopic (exact) mass is 326 g/mol. The second-order valence-electron chi connectivity index (χ2n) is 6.23. The molecule has 4 heterocycles. The van der Waals surface area contributed by atoms with Crippen molar-refractivity contribution in [2.75, 3.05) is 24.5 Å². The molecule has 1 aliphatic rings. The topological polar surface area (TPSA) is 67.4 Å². The third-order valence-electron chi connectivity index (χ3n) is 4.66. The molecule has 0 aliphatic carbocycles. The minimum atomic E-state index is 0.394. The van der Waals surface area contributed by atoms with Crippen LogP contribution in [0.15, 0.2) is 30.9 Å². The van der Waals surface area contributed by atoms with E-state index in [1.165, 1.54) is 0 Å². The number of imidazole rings is 1. The quantitative estimate of drug-likeness (QED) is 0.714. The number of rotatable bonds is 4. The lowest BCUT2D eigenvalue weighted by atomic mass is 10.2. The first-order chi connectivity index (χ1) is 11.7. The number of hydrogen-bond acceptors (Lipinski definition) is 6. The summed E-state index contributed by atoms with van der Waals surface area (Å²) in [5.41, 5.74) is 0.774. The lowest BCUT2D eigenvalue weighted by molar-refractivity contribution is 0.213. The van der Waals surface area contributed by atoms with Gasteiger partial charge in [-0.3, -0.25) is 4.90 Å². The molecule has 1 saturated heterocycles. The van der Waals surface area contributed by atoms with Crippen LogP contribution in [0.25, 0.3) is 5.65 Å². The van der Waals surface area contributed by atoms with E-state index in [0.717, 1.165) is 50.0 Å². The number of hydrogen-bond donors (Lipinski definition) is 0. The van der Waals surface area contributed by atoms with Gasteiger partial charge < -0.3 is 9.47 Å². The summed E-state index contributed by atoms with van der Waals surface area (Å²) in [5, 5.41) is 12.5. The lowest BCUT2D eigenvalue weighted by Gasteiger charge is -2.40. The highest BCUT2D eigenvalue weighted by Gasteiger charge is 2.25. The summed E-state index contributed by atoms with van der Waals surface area (Å²) in [6.45, 7) is 9.22. The van der Waals surface area contributed by atoms with Gasteiger partial charge in [0.05, 0.1) is 6.54 Å². The van der Waals surface area contributed by atoms with E-state index in [1.807, 2.05) is 24.5 Å². The van der Waals surface area contributed by atoms with Gasteiger partial charge in [-0.25, -0.2) is 4.98 Å². The van der Waals surface area contributed by atoms with Gasteiger partial charge >= 0.3 is 0 Å². The first-order valence-electron chi connectivity index (χ1n) is 8.40. The van der Waals surface area contributed by atoms with E-state index in [9.17, 15) is 0 Å². The maximum Gasteiger partial charge on any atom is 0.177 e. The summed E-state index contributed by atoms with van der Waals surface area (Å²) >= 11 is 0. The summed E-state index contributed by atoms with van der Waals surface area (Å²) < 4.78 is 3.94. The molecule has 0 radical (unpaired) electrons. The van der Waals surface area contributed by atoms with Gasteiger partial charge in [0.1, 0.15) is 18.0 Å². The Hall–Kier alpha value is -2.48. The summed E-state index contributed by atoms with van der Waals surface area (Å²) in [7, 11) is 0. The number of aromatic nitrogens is 6. The summed E-state index contributed by atoms with van der Waals surface area (Å²) in [6, 6.07) is 4.39. The van der Waals surface area contributed by atoms with Crippen molar-refractivity contribution in [2.24, 2.45) is 0 Å². The number of anilines is 1. The summed E-state index contributed by atoms with van der Waals surface area (Å²) in [6.07, 6.45) is 5.58. The van der Waals surface area contributed by atoms with Crippen molar-refractivity contribution < 1.29 is 0 Å². The Morgan fingerprint density at radius 2 is 2.17 bits per heavy atom. The standard InChI is InChI=1S/C16H22N8/c1-3-22-7-6-17-16(22)11-21-8-9-23(13(2)10-21)15-5-4-14-19-18-12-24(14)20-15/h4-7,12-13H,3,8-11H2,1-2H3/t13-/m1/s1. The minimum Gasteiger partial charge on any atom is -0.350 e. The number of fused-ring (bicyclic) bond motifs is 1. The van der Waals surface area contributed by atoms with Crippen molar-refractivity contribution in [3.8, 4) is 0 Å². The molecule has 3 aromatic rings. The Labute approximate surface area is 140 Å². The zero-order chi connectivity index (χ0) is 16.5. The maximum absolute atomic E-state index is 4.62. The Kier molecular flexibility index (Phi) is 3.89. The second kappa shape index (κ2) is 6.20. The van der Waals surface area contributed by atoms with Gasteiger partial charge in [0, 0.05) is 44.6 Å². The van der Waals surface area contributed by atoms with Crippen molar-refractivity contribution in [2.45, 2.75) is 33.0 Å². The smallest absolute Gasteiger partial charge is 0.177 e. The van der Waals surface area contributed by atoms with E-state index in [2.05, 4.69) is 48.5 Å². The fraction of sp³-hybridized carbons (Fsp3) is 0.500. The molecule has 1 atom stereocenters. The highest BCUT2D eigenvalue weighted by Crippen LogP contribution is 2.19. The van der Waals surface area contributed by atoms with Crippen LogP contribution in [-0.2, 0) is 13.1 Å². The summed E-state index contributed by atoms with van der Waals surface area (Å²) in [5.74, 6) is 2.12. The zero-order valence-electron chi connectivity index (χ0n) is 14.1. The predicted octanol–water partition coefficient (Wildman–Crippen LogP) is 1.05. The first-order valence-corrected chi connectivity index (χ1v) is 8.40. The molecule has 3 aromatic heterocycles. The molecule has 1 aliphatic heterocycles. The molecule has 0 bridgehead atoms. The lowest BCUT2D eigenvalue weighted by Crippen LogP contribution is -2.52. The van der Waals surface area contributed by atoms with E-state index in [0.29, 0.717) is 6.04 Å².